The fourth-order valence-electron chi connectivity index (χ4n) is 2.45. The summed E-state index contributed by atoms with van der Waals surface area (Å²) in [5.41, 5.74) is 5.71. The van der Waals surface area contributed by atoms with Gasteiger partial charge in [0.05, 0.1) is 22.4 Å². The lowest BCUT2D eigenvalue weighted by molar-refractivity contribution is -0.104. The summed E-state index contributed by atoms with van der Waals surface area (Å²) in [6.07, 6.45) is 2.35. The van der Waals surface area contributed by atoms with Crippen molar-refractivity contribution in [2.24, 2.45) is 0 Å². The van der Waals surface area contributed by atoms with E-state index >= 15 is 0 Å². The molecule has 0 N–H and O–H groups in total. The highest BCUT2D eigenvalue weighted by molar-refractivity contribution is 5.84. The third-order valence-electron chi connectivity index (χ3n) is 3.61. The molecule has 0 unspecified atom stereocenters. The predicted molar refractivity (Wildman–Crippen MR) is 87.4 cm³/mol. The zero-order valence-electron chi connectivity index (χ0n) is 13.3. The summed E-state index contributed by atoms with van der Waals surface area (Å²) in [7, 11) is 0. The lowest BCUT2D eigenvalue weighted by atomic mass is 9.99. The van der Waals surface area contributed by atoms with Gasteiger partial charge in [0, 0.05) is 0 Å². The molecule has 0 aliphatic heterocycles. The van der Waals surface area contributed by atoms with Crippen LogP contribution in [0.1, 0.15) is 63.4 Å². The third-order valence-corrected chi connectivity index (χ3v) is 3.61. The van der Waals surface area contributed by atoms with E-state index in [2.05, 4.69) is 33.8 Å². The predicted octanol–water partition coefficient (Wildman–Crippen LogP) is 4.48. The first-order valence-corrected chi connectivity index (χ1v) is 7.38. The molecular formula is C18H22N2O. The number of nitrogens with zero attached hydrogens (tertiary/aromatic N) is 2. The van der Waals surface area contributed by atoms with Crippen LogP contribution in [0.4, 0.5) is 0 Å². The number of fused-ring (bicyclic) bond motifs is 1. The quantitative estimate of drug-likeness (QED) is 0.613. The van der Waals surface area contributed by atoms with Crippen molar-refractivity contribution >= 4 is 22.9 Å². The van der Waals surface area contributed by atoms with Gasteiger partial charge < -0.3 is 0 Å². The van der Waals surface area contributed by atoms with Crippen molar-refractivity contribution in [1.29, 1.82) is 0 Å². The molecule has 0 spiro atoms. The SMILES string of the molecule is C/C(=C\C=O)c1nc2cccc(C(C)C)c2nc1C(C)C. The van der Waals surface area contributed by atoms with E-state index in [0.717, 1.165) is 34.3 Å². The van der Waals surface area contributed by atoms with E-state index in [1.807, 2.05) is 19.1 Å². The molecule has 2 aromatic rings. The molecule has 0 amide bonds. The molecule has 0 aliphatic rings. The number of carbonyl (C=O) groups excluding carboxylic acids is 1. The normalized spacial score (nSPS) is 12.4. The Balaban J connectivity index is 2.80. The summed E-state index contributed by atoms with van der Waals surface area (Å²) in [5, 5.41) is 0. The van der Waals surface area contributed by atoms with Gasteiger partial charge in [-0.1, -0.05) is 39.8 Å². The number of aldehydes is 1. The first-order valence-electron chi connectivity index (χ1n) is 7.38. The lowest BCUT2D eigenvalue weighted by Crippen LogP contribution is -2.05. The van der Waals surface area contributed by atoms with Crippen LogP contribution in [0.5, 0.6) is 0 Å². The Morgan fingerprint density at radius 1 is 1.10 bits per heavy atom. The fourth-order valence-corrected chi connectivity index (χ4v) is 2.45. The van der Waals surface area contributed by atoms with Gasteiger partial charge in [-0.2, -0.15) is 0 Å². The molecule has 2 rings (SSSR count). The van der Waals surface area contributed by atoms with Gasteiger partial charge in [-0.25, -0.2) is 9.97 Å². The van der Waals surface area contributed by atoms with E-state index in [4.69, 9.17) is 9.97 Å². The number of aromatic nitrogens is 2. The van der Waals surface area contributed by atoms with Crippen LogP contribution in [0.3, 0.4) is 0 Å². The molecule has 0 saturated heterocycles. The minimum atomic E-state index is 0.257. The summed E-state index contributed by atoms with van der Waals surface area (Å²) in [6, 6.07) is 6.11. The number of allylic oxidation sites excluding steroid dienone is 2. The minimum absolute atomic E-state index is 0.257. The standard InChI is InChI=1S/C18H22N2O/c1-11(2)14-7-6-8-15-18(14)20-16(12(3)4)17(19-15)13(5)9-10-21/h6-12H,1-5H3/b13-9+. The average Bonchev–Trinajstić information content (AvgIpc) is 2.45. The number of para-hydroxylation sites is 1. The second-order valence-electron chi connectivity index (χ2n) is 5.97. The summed E-state index contributed by atoms with van der Waals surface area (Å²) in [5.74, 6) is 0.660. The van der Waals surface area contributed by atoms with Gasteiger partial charge in [-0.05, 0) is 42.0 Å². The van der Waals surface area contributed by atoms with Crippen LogP contribution in [-0.2, 0) is 4.79 Å². The maximum Gasteiger partial charge on any atom is 0.143 e. The smallest absolute Gasteiger partial charge is 0.143 e. The van der Waals surface area contributed by atoms with Crippen LogP contribution >= 0.6 is 0 Å². The molecule has 1 heterocycles. The third kappa shape index (κ3) is 3.02. The Labute approximate surface area is 126 Å². The molecule has 0 aliphatic carbocycles. The Morgan fingerprint density at radius 2 is 1.81 bits per heavy atom. The Bertz CT molecular complexity index is 700. The number of benzene rings is 1. The lowest BCUT2D eigenvalue weighted by Gasteiger charge is -2.15. The second kappa shape index (κ2) is 6.17. The Morgan fingerprint density at radius 3 is 2.38 bits per heavy atom. The van der Waals surface area contributed by atoms with Crippen molar-refractivity contribution in [3.63, 3.8) is 0 Å². The summed E-state index contributed by atoms with van der Waals surface area (Å²) in [4.78, 5) is 20.4. The highest BCUT2D eigenvalue weighted by Crippen LogP contribution is 2.28. The molecule has 1 aromatic carbocycles. The molecule has 0 fully saturated rings. The zero-order chi connectivity index (χ0) is 15.6. The second-order valence-corrected chi connectivity index (χ2v) is 5.97. The van der Waals surface area contributed by atoms with Crippen LogP contribution in [-0.4, -0.2) is 16.3 Å². The maximum atomic E-state index is 10.8. The highest BCUT2D eigenvalue weighted by Gasteiger charge is 2.16. The van der Waals surface area contributed by atoms with Gasteiger partial charge in [0.2, 0.25) is 0 Å². The van der Waals surface area contributed by atoms with Crippen LogP contribution in [0.15, 0.2) is 24.3 Å². The van der Waals surface area contributed by atoms with Crippen LogP contribution in [0.2, 0.25) is 0 Å². The van der Waals surface area contributed by atoms with Gasteiger partial charge >= 0.3 is 0 Å². The van der Waals surface area contributed by atoms with Gasteiger partial charge in [0.15, 0.2) is 0 Å². The van der Waals surface area contributed by atoms with E-state index in [9.17, 15) is 4.79 Å². The van der Waals surface area contributed by atoms with Crippen LogP contribution in [0, 0.1) is 0 Å². The van der Waals surface area contributed by atoms with Gasteiger partial charge in [0.1, 0.15) is 6.29 Å². The molecule has 1 aromatic heterocycles. The molecule has 0 bridgehead atoms. The summed E-state index contributed by atoms with van der Waals surface area (Å²) < 4.78 is 0. The van der Waals surface area contributed by atoms with Crippen LogP contribution in [0.25, 0.3) is 16.6 Å². The molecule has 110 valence electrons. The van der Waals surface area contributed by atoms with Crippen LogP contribution < -0.4 is 0 Å². The van der Waals surface area contributed by atoms with E-state index in [1.54, 1.807) is 6.08 Å². The molecular weight excluding hydrogens is 260 g/mol. The highest BCUT2D eigenvalue weighted by atomic mass is 16.1. The molecule has 0 radical (unpaired) electrons. The van der Waals surface area contributed by atoms with Crippen molar-refractivity contribution in [1.82, 2.24) is 9.97 Å². The van der Waals surface area contributed by atoms with Crippen molar-refractivity contribution in [3.05, 3.63) is 41.2 Å². The minimum Gasteiger partial charge on any atom is -0.299 e. The molecule has 21 heavy (non-hydrogen) atoms. The monoisotopic (exact) mass is 282 g/mol. The summed E-state index contributed by atoms with van der Waals surface area (Å²) >= 11 is 0. The number of rotatable bonds is 4. The van der Waals surface area contributed by atoms with E-state index < -0.39 is 0 Å². The van der Waals surface area contributed by atoms with Crippen molar-refractivity contribution < 1.29 is 4.79 Å². The van der Waals surface area contributed by atoms with E-state index in [-0.39, 0.29) is 5.92 Å². The van der Waals surface area contributed by atoms with E-state index in [1.165, 1.54) is 5.56 Å². The molecule has 0 atom stereocenters. The van der Waals surface area contributed by atoms with Gasteiger partial charge in [0.25, 0.3) is 0 Å². The summed E-state index contributed by atoms with van der Waals surface area (Å²) in [6.45, 7) is 10.4. The number of hydrogen-bond donors (Lipinski definition) is 0. The zero-order valence-corrected chi connectivity index (χ0v) is 13.3. The maximum absolute atomic E-state index is 10.8. The largest absolute Gasteiger partial charge is 0.299 e. The molecule has 3 nitrogen and oxygen atoms in total. The van der Waals surface area contributed by atoms with Gasteiger partial charge in [-0.15, -0.1) is 0 Å². The van der Waals surface area contributed by atoms with Crippen molar-refractivity contribution in [2.45, 2.75) is 46.5 Å². The van der Waals surface area contributed by atoms with E-state index in [0.29, 0.717) is 5.92 Å². The number of hydrogen-bond acceptors (Lipinski definition) is 3. The van der Waals surface area contributed by atoms with Crippen molar-refractivity contribution in [2.75, 3.05) is 0 Å². The Kier molecular flexibility index (Phi) is 4.51. The fraction of sp³-hybridized carbons (Fsp3) is 0.389. The molecule has 3 heteroatoms. The topological polar surface area (TPSA) is 42.9 Å². The van der Waals surface area contributed by atoms with Crippen molar-refractivity contribution in [3.8, 4) is 0 Å². The average molecular weight is 282 g/mol. The Hall–Kier alpha value is -2.03. The molecule has 0 saturated carbocycles. The number of carbonyl (C=O) groups is 1. The first kappa shape index (κ1) is 15.4. The van der Waals surface area contributed by atoms with Gasteiger partial charge in [-0.3, -0.25) is 4.79 Å². The first-order chi connectivity index (χ1) is 9.95.